The van der Waals surface area contributed by atoms with E-state index in [-0.39, 0.29) is 21.5 Å². The van der Waals surface area contributed by atoms with Crippen LogP contribution in [0.15, 0.2) is 0 Å². The lowest BCUT2D eigenvalue weighted by Crippen LogP contribution is -2.45. The molecule has 1 heterocycles. The Kier molecular flexibility index (Phi) is 3.42. The van der Waals surface area contributed by atoms with Gasteiger partial charge in [0.15, 0.2) is 0 Å². The van der Waals surface area contributed by atoms with Gasteiger partial charge in [-0.3, -0.25) is 4.79 Å². The first-order chi connectivity index (χ1) is 8.72. The predicted octanol–water partition coefficient (Wildman–Crippen LogP) is 2.92. The molecule has 2 rings (SSSR count). The van der Waals surface area contributed by atoms with E-state index >= 15 is 0 Å². The van der Waals surface area contributed by atoms with Crippen molar-refractivity contribution in [3.05, 3.63) is 0 Å². The van der Waals surface area contributed by atoms with Gasteiger partial charge in [0.25, 0.3) is 0 Å². The van der Waals surface area contributed by atoms with Crippen LogP contribution < -0.4 is 0 Å². The van der Waals surface area contributed by atoms with Gasteiger partial charge in [-0.15, -0.1) is 11.8 Å². The second-order valence-corrected chi connectivity index (χ2v) is 8.20. The lowest BCUT2D eigenvalue weighted by molar-refractivity contribution is -0.134. The Morgan fingerprint density at radius 2 is 1.68 bits per heavy atom. The second kappa shape index (κ2) is 4.41. The fourth-order valence-corrected chi connectivity index (χ4v) is 4.13. The summed E-state index contributed by atoms with van der Waals surface area (Å²) in [5, 5.41) is 9.28. The van der Waals surface area contributed by atoms with E-state index in [9.17, 15) is 10.1 Å². The highest BCUT2D eigenvalue weighted by atomic mass is 32.2. The van der Waals surface area contributed by atoms with Crippen LogP contribution in [0.3, 0.4) is 0 Å². The van der Waals surface area contributed by atoms with E-state index in [2.05, 4.69) is 33.8 Å². The van der Waals surface area contributed by atoms with Gasteiger partial charge in [-0.25, -0.2) is 0 Å². The molecule has 0 N–H and O–H groups in total. The first-order valence-electron chi connectivity index (χ1n) is 6.97. The monoisotopic (exact) mass is 280 g/mol. The molecule has 3 nitrogen and oxygen atoms in total. The van der Waals surface area contributed by atoms with Crippen molar-refractivity contribution in [1.82, 2.24) is 4.90 Å². The molecule has 1 saturated heterocycles. The summed E-state index contributed by atoms with van der Waals surface area (Å²) in [6.45, 7) is 10.2. The van der Waals surface area contributed by atoms with E-state index in [1.807, 2.05) is 11.2 Å². The van der Waals surface area contributed by atoms with Gasteiger partial charge in [-0.1, -0.05) is 27.7 Å². The Bertz CT molecular complexity index is 414. The van der Waals surface area contributed by atoms with E-state index in [1.165, 1.54) is 0 Å². The van der Waals surface area contributed by atoms with Crippen molar-refractivity contribution < 1.29 is 4.79 Å². The molecule has 106 valence electrons. The highest BCUT2D eigenvalue weighted by Crippen LogP contribution is 2.68. The predicted molar refractivity (Wildman–Crippen MR) is 78.7 cm³/mol. The summed E-state index contributed by atoms with van der Waals surface area (Å²) in [5.41, 5.74) is 0.209. The Labute approximate surface area is 120 Å². The molecule has 0 aromatic rings. The third-order valence-electron chi connectivity index (χ3n) is 5.74. The summed E-state index contributed by atoms with van der Waals surface area (Å²) in [7, 11) is 0. The molecule has 2 fully saturated rings. The van der Waals surface area contributed by atoms with E-state index in [0.717, 1.165) is 25.9 Å². The summed E-state index contributed by atoms with van der Waals surface area (Å²) in [4.78, 5) is 14.6. The molecule has 0 spiro atoms. The molecule has 19 heavy (non-hydrogen) atoms. The first kappa shape index (κ1) is 14.7. The molecule has 0 aromatic heterocycles. The molecule has 0 atom stereocenters. The number of amides is 1. The summed E-state index contributed by atoms with van der Waals surface area (Å²) < 4.78 is -0.272. The number of carbonyl (C=O) groups excluding carboxylic acids is 1. The van der Waals surface area contributed by atoms with Crippen LogP contribution in [0.25, 0.3) is 0 Å². The highest BCUT2D eigenvalue weighted by molar-refractivity contribution is 8.00. The molecular weight excluding hydrogens is 256 g/mol. The van der Waals surface area contributed by atoms with Gasteiger partial charge in [0.1, 0.15) is 4.75 Å². The van der Waals surface area contributed by atoms with Crippen LogP contribution in [0.2, 0.25) is 0 Å². The van der Waals surface area contributed by atoms with Crippen molar-refractivity contribution >= 4 is 17.7 Å². The second-order valence-electron chi connectivity index (χ2n) is 7.01. The SMILES string of the molecule is CSC1(C#N)CCN(C(=O)C2C(C)(C)C2(C)C)CC1. The quantitative estimate of drug-likeness (QED) is 0.781. The number of rotatable bonds is 2. The van der Waals surface area contributed by atoms with Gasteiger partial charge in [0.2, 0.25) is 5.91 Å². The normalized spacial score (nSPS) is 27.7. The molecular formula is C15H24N2OS. The molecule has 1 saturated carbocycles. The standard InChI is InChI=1S/C15H24N2OS/c1-13(2)11(14(13,3)4)12(18)17-8-6-15(10-16,19-5)7-9-17/h11H,6-9H2,1-5H3. The minimum Gasteiger partial charge on any atom is -0.342 e. The average Bonchev–Trinajstić information content (AvgIpc) is 2.79. The van der Waals surface area contributed by atoms with Crippen molar-refractivity contribution in [1.29, 1.82) is 5.26 Å². The third kappa shape index (κ3) is 2.07. The minimum absolute atomic E-state index is 0.105. The fraction of sp³-hybridized carbons (Fsp3) is 0.867. The van der Waals surface area contributed by atoms with Crippen LogP contribution >= 0.6 is 11.8 Å². The number of hydrogen-bond acceptors (Lipinski definition) is 3. The fourth-order valence-electron chi connectivity index (χ4n) is 3.45. The molecule has 0 unspecified atom stereocenters. The molecule has 2 aliphatic rings. The average molecular weight is 280 g/mol. The third-order valence-corrected chi connectivity index (χ3v) is 7.03. The Hall–Kier alpha value is -0.690. The van der Waals surface area contributed by atoms with Gasteiger partial charge in [-0.2, -0.15) is 5.26 Å². The minimum atomic E-state index is -0.272. The Balaban J connectivity index is 2.01. The number of carbonyl (C=O) groups is 1. The van der Waals surface area contributed by atoms with Gasteiger partial charge >= 0.3 is 0 Å². The van der Waals surface area contributed by atoms with Crippen LogP contribution in [-0.2, 0) is 4.79 Å². The molecule has 1 aliphatic carbocycles. The van der Waals surface area contributed by atoms with Crippen molar-refractivity contribution in [2.24, 2.45) is 16.7 Å². The zero-order chi connectivity index (χ0) is 14.5. The van der Waals surface area contributed by atoms with Crippen molar-refractivity contribution in [3.8, 4) is 6.07 Å². The number of piperidine rings is 1. The number of thioether (sulfide) groups is 1. The molecule has 4 heteroatoms. The Morgan fingerprint density at radius 1 is 1.21 bits per heavy atom. The van der Waals surface area contributed by atoms with Crippen LogP contribution in [0.5, 0.6) is 0 Å². The van der Waals surface area contributed by atoms with Crippen LogP contribution in [0, 0.1) is 28.1 Å². The molecule has 0 aromatic carbocycles. The summed E-state index contributed by atoms with van der Waals surface area (Å²) in [6.07, 6.45) is 3.59. The maximum absolute atomic E-state index is 12.6. The molecule has 1 aliphatic heterocycles. The maximum atomic E-state index is 12.6. The maximum Gasteiger partial charge on any atom is 0.226 e. The smallest absolute Gasteiger partial charge is 0.226 e. The van der Waals surface area contributed by atoms with Gasteiger partial charge in [0.05, 0.1) is 6.07 Å². The van der Waals surface area contributed by atoms with E-state index in [1.54, 1.807) is 11.8 Å². The van der Waals surface area contributed by atoms with Gasteiger partial charge in [-0.05, 0) is 29.9 Å². The molecule has 0 bridgehead atoms. The number of hydrogen-bond donors (Lipinski definition) is 0. The zero-order valence-corrected chi connectivity index (χ0v) is 13.4. The highest BCUT2D eigenvalue weighted by Gasteiger charge is 2.68. The van der Waals surface area contributed by atoms with Crippen molar-refractivity contribution in [2.45, 2.75) is 45.3 Å². The summed E-state index contributed by atoms with van der Waals surface area (Å²) in [6, 6.07) is 2.43. The van der Waals surface area contributed by atoms with Gasteiger partial charge < -0.3 is 4.90 Å². The molecule has 0 radical (unpaired) electrons. The summed E-state index contributed by atoms with van der Waals surface area (Å²) in [5.74, 6) is 0.437. The number of nitrogens with zero attached hydrogens (tertiary/aromatic N) is 2. The van der Waals surface area contributed by atoms with Crippen molar-refractivity contribution in [3.63, 3.8) is 0 Å². The Morgan fingerprint density at radius 3 is 2.00 bits per heavy atom. The van der Waals surface area contributed by atoms with Crippen LogP contribution in [0.1, 0.15) is 40.5 Å². The van der Waals surface area contributed by atoms with E-state index < -0.39 is 0 Å². The largest absolute Gasteiger partial charge is 0.342 e. The number of likely N-dealkylation sites (tertiary alicyclic amines) is 1. The van der Waals surface area contributed by atoms with Crippen LogP contribution in [0.4, 0.5) is 0 Å². The topological polar surface area (TPSA) is 44.1 Å². The van der Waals surface area contributed by atoms with E-state index in [0.29, 0.717) is 5.91 Å². The lowest BCUT2D eigenvalue weighted by Gasteiger charge is -2.36. The molecule has 1 amide bonds. The van der Waals surface area contributed by atoms with Crippen LogP contribution in [-0.4, -0.2) is 34.9 Å². The zero-order valence-electron chi connectivity index (χ0n) is 12.6. The lowest BCUT2D eigenvalue weighted by atomic mass is 9.96. The number of nitriles is 1. The summed E-state index contributed by atoms with van der Waals surface area (Å²) >= 11 is 1.63. The van der Waals surface area contributed by atoms with Crippen molar-refractivity contribution in [2.75, 3.05) is 19.3 Å². The van der Waals surface area contributed by atoms with Gasteiger partial charge in [0, 0.05) is 19.0 Å². The van der Waals surface area contributed by atoms with E-state index in [4.69, 9.17) is 0 Å². The first-order valence-corrected chi connectivity index (χ1v) is 8.19.